The number of benzene rings is 3. The van der Waals surface area contributed by atoms with Gasteiger partial charge in [-0.05, 0) is 84.8 Å². The molecule has 4 rings (SSSR count). The number of carboxylic acids is 1. The molecule has 0 spiro atoms. The zero-order valence-corrected chi connectivity index (χ0v) is 19.3. The van der Waals surface area contributed by atoms with Gasteiger partial charge in [-0.25, -0.2) is 4.39 Å². The van der Waals surface area contributed by atoms with Crippen LogP contribution in [0.5, 0.6) is 0 Å². The number of alkyl halides is 3. The summed E-state index contributed by atoms with van der Waals surface area (Å²) in [6, 6.07) is 14.0. The van der Waals surface area contributed by atoms with E-state index in [1.807, 2.05) is 19.1 Å². The second-order valence-electron chi connectivity index (χ2n) is 8.71. The molecule has 35 heavy (non-hydrogen) atoms. The van der Waals surface area contributed by atoms with Gasteiger partial charge in [0.2, 0.25) is 0 Å². The number of rotatable bonds is 7. The van der Waals surface area contributed by atoms with Crippen LogP contribution < -0.4 is 10.2 Å². The van der Waals surface area contributed by atoms with Gasteiger partial charge in [0.15, 0.2) is 0 Å². The quantitative estimate of drug-likeness (QED) is 0.358. The van der Waals surface area contributed by atoms with Crippen LogP contribution in [0.1, 0.15) is 40.7 Å². The van der Waals surface area contributed by atoms with Crippen LogP contribution in [-0.2, 0) is 30.4 Å². The lowest BCUT2D eigenvalue weighted by molar-refractivity contribution is -0.138. The van der Waals surface area contributed by atoms with Gasteiger partial charge in [0.1, 0.15) is 5.82 Å². The molecule has 1 aliphatic heterocycles. The summed E-state index contributed by atoms with van der Waals surface area (Å²) in [6.45, 7) is 3.14. The largest absolute Gasteiger partial charge is 0.481 e. The zero-order valence-electron chi connectivity index (χ0n) is 19.3. The van der Waals surface area contributed by atoms with Crippen molar-refractivity contribution in [2.75, 3.05) is 16.8 Å². The summed E-state index contributed by atoms with van der Waals surface area (Å²) in [5.74, 6) is -1.42. The smallest absolute Gasteiger partial charge is 0.416 e. The molecule has 1 aliphatic rings. The number of aliphatic carboxylic acids is 1. The maximum atomic E-state index is 14.4. The molecule has 0 bridgehead atoms. The fraction of sp³-hybridized carbons (Fsp3) is 0.296. The van der Waals surface area contributed by atoms with Gasteiger partial charge in [-0.1, -0.05) is 18.2 Å². The molecule has 0 amide bonds. The lowest BCUT2D eigenvalue weighted by Gasteiger charge is -2.34. The van der Waals surface area contributed by atoms with E-state index in [-0.39, 0.29) is 12.8 Å². The number of nitrogens with one attached hydrogen (secondary N) is 1. The standard InChI is InChI=1S/C27H26F4N2O2/c1-17-20(16-32-22-10-6-18(24(28)15-22)7-13-25(34)35)5-4-19-3-2-14-33(26(17)19)23-11-8-21(9-12-23)27(29,30)31/h4-6,8-12,15,32H,2-3,7,13-14,16H2,1H3,(H,34,35). The lowest BCUT2D eigenvalue weighted by atomic mass is 9.94. The minimum atomic E-state index is -4.37. The van der Waals surface area contributed by atoms with Gasteiger partial charge >= 0.3 is 12.1 Å². The highest BCUT2D eigenvalue weighted by atomic mass is 19.4. The van der Waals surface area contributed by atoms with Crippen molar-refractivity contribution in [3.05, 3.63) is 88.2 Å². The third-order valence-electron chi connectivity index (χ3n) is 6.38. The van der Waals surface area contributed by atoms with Crippen molar-refractivity contribution >= 4 is 23.0 Å². The molecule has 2 N–H and O–H groups in total. The molecule has 0 atom stereocenters. The third-order valence-corrected chi connectivity index (χ3v) is 6.38. The molecular weight excluding hydrogens is 460 g/mol. The first-order valence-corrected chi connectivity index (χ1v) is 11.4. The van der Waals surface area contributed by atoms with Crippen LogP contribution in [0.2, 0.25) is 0 Å². The molecule has 184 valence electrons. The molecular formula is C27H26F4N2O2. The third kappa shape index (κ3) is 5.58. The molecule has 0 unspecified atom stereocenters. The van der Waals surface area contributed by atoms with E-state index in [4.69, 9.17) is 5.11 Å². The van der Waals surface area contributed by atoms with E-state index >= 15 is 0 Å². The van der Waals surface area contributed by atoms with Crippen molar-refractivity contribution in [1.29, 1.82) is 0 Å². The van der Waals surface area contributed by atoms with Crippen LogP contribution in [0, 0.1) is 12.7 Å². The summed E-state index contributed by atoms with van der Waals surface area (Å²) in [6.07, 6.45) is -2.58. The molecule has 1 heterocycles. The van der Waals surface area contributed by atoms with E-state index in [2.05, 4.69) is 10.2 Å². The first kappa shape index (κ1) is 24.6. The van der Waals surface area contributed by atoms with Crippen molar-refractivity contribution in [2.45, 2.75) is 45.3 Å². The highest BCUT2D eigenvalue weighted by Gasteiger charge is 2.30. The van der Waals surface area contributed by atoms with Crippen molar-refractivity contribution in [1.82, 2.24) is 0 Å². The highest BCUT2D eigenvalue weighted by Crippen LogP contribution is 2.39. The highest BCUT2D eigenvalue weighted by molar-refractivity contribution is 5.72. The summed E-state index contributed by atoms with van der Waals surface area (Å²) < 4.78 is 53.3. The Morgan fingerprint density at radius 3 is 2.43 bits per heavy atom. The molecule has 0 aliphatic carbocycles. The maximum Gasteiger partial charge on any atom is 0.416 e. The number of halogens is 4. The maximum absolute atomic E-state index is 14.4. The Labute approximate surface area is 201 Å². The van der Waals surface area contributed by atoms with E-state index in [0.717, 1.165) is 47.4 Å². The molecule has 0 aromatic heterocycles. The first-order valence-electron chi connectivity index (χ1n) is 11.4. The molecule has 0 radical (unpaired) electrons. The molecule has 4 nitrogen and oxygen atoms in total. The second kappa shape index (κ2) is 9.98. The van der Waals surface area contributed by atoms with Gasteiger partial charge < -0.3 is 15.3 Å². The number of nitrogens with zero attached hydrogens (tertiary/aromatic N) is 1. The van der Waals surface area contributed by atoms with Crippen LogP contribution in [0.4, 0.5) is 34.6 Å². The van der Waals surface area contributed by atoms with E-state index in [9.17, 15) is 22.4 Å². The Hall–Kier alpha value is -3.55. The molecule has 3 aromatic carbocycles. The molecule has 3 aromatic rings. The molecule has 0 fully saturated rings. The number of hydrogen-bond acceptors (Lipinski definition) is 3. The Morgan fingerprint density at radius 1 is 1.06 bits per heavy atom. The summed E-state index contributed by atoms with van der Waals surface area (Å²) >= 11 is 0. The van der Waals surface area contributed by atoms with Crippen LogP contribution in [-0.4, -0.2) is 17.6 Å². The fourth-order valence-electron chi connectivity index (χ4n) is 4.49. The van der Waals surface area contributed by atoms with Gasteiger partial charge in [-0.15, -0.1) is 0 Å². The van der Waals surface area contributed by atoms with E-state index in [1.54, 1.807) is 12.1 Å². The number of fused-ring (bicyclic) bond motifs is 1. The Balaban J connectivity index is 1.54. The van der Waals surface area contributed by atoms with Gasteiger partial charge in [0, 0.05) is 36.6 Å². The minimum Gasteiger partial charge on any atom is -0.481 e. The fourth-order valence-corrected chi connectivity index (χ4v) is 4.49. The predicted octanol–water partition coefficient (Wildman–Crippen LogP) is 6.87. The summed E-state index contributed by atoms with van der Waals surface area (Å²) in [4.78, 5) is 12.8. The van der Waals surface area contributed by atoms with Crippen molar-refractivity contribution < 1.29 is 27.5 Å². The average molecular weight is 487 g/mol. The van der Waals surface area contributed by atoms with Gasteiger partial charge in [0.25, 0.3) is 0 Å². The number of carbonyl (C=O) groups is 1. The summed E-state index contributed by atoms with van der Waals surface area (Å²) in [7, 11) is 0. The monoisotopic (exact) mass is 486 g/mol. The molecule has 0 saturated carbocycles. The van der Waals surface area contributed by atoms with Crippen LogP contribution >= 0.6 is 0 Å². The van der Waals surface area contributed by atoms with E-state index in [1.165, 1.54) is 18.2 Å². The number of anilines is 3. The number of hydrogen-bond donors (Lipinski definition) is 2. The summed E-state index contributed by atoms with van der Waals surface area (Å²) in [5.41, 5.74) is 5.15. The minimum absolute atomic E-state index is 0.130. The Kier molecular flexibility index (Phi) is 7.00. The topological polar surface area (TPSA) is 52.6 Å². The SMILES string of the molecule is Cc1c(CNc2ccc(CCC(=O)O)c(F)c2)ccc2c1N(c1ccc(C(F)(F)F)cc1)CCC2. The van der Waals surface area contributed by atoms with Gasteiger partial charge in [0.05, 0.1) is 5.56 Å². The van der Waals surface area contributed by atoms with Gasteiger partial charge in [-0.3, -0.25) is 4.79 Å². The predicted molar refractivity (Wildman–Crippen MR) is 128 cm³/mol. The van der Waals surface area contributed by atoms with E-state index in [0.29, 0.717) is 30.0 Å². The van der Waals surface area contributed by atoms with Crippen LogP contribution in [0.25, 0.3) is 0 Å². The zero-order chi connectivity index (χ0) is 25.2. The second-order valence-corrected chi connectivity index (χ2v) is 8.71. The number of carboxylic acid groups (broad SMARTS) is 1. The van der Waals surface area contributed by atoms with Crippen LogP contribution in [0.3, 0.4) is 0 Å². The molecule has 0 saturated heterocycles. The Morgan fingerprint density at radius 2 is 1.77 bits per heavy atom. The van der Waals surface area contributed by atoms with Crippen molar-refractivity contribution in [3.8, 4) is 0 Å². The average Bonchev–Trinajstić information content (AvgIpc) is 2.82. The van der Waals surface area contributed by atoms with Crippen LogP contribution in [0.15, 0.2) is 54.6 Å². The molecule has 8 heteroatoms. The Bertz CT molecular complexity index is 1220. The lowest BCUT2D eigenvalue weighted by Crippen LogP contribution is -2.26. The van der Waals surface area contributed by atoms with Gasteiger partial charge in [-0.2, -0.15) is 13.2 Å². The normalized spacial score (nSPS) is 13.5. The van der Waals surface area contributed by atoms with Crippen molar-refractivity contribution in [2.24, 2.45) is 0 Å². The van der Waals surface area contributed by atoms with Crippen molar-refractivity contribution in [3.63, 3.8) is 0 Å². The number of aryl methyl sites for hydroxylation is 2. The van der Waals surface area contributed by atoms with E-state index < -0.39 is 23.5 Å². The first-order chi connectivity index (χ1) is 16.6. The summed E-state index contributed by atoms with van der Waals surface area (Å²) in [5, 5.41) is 12.0.